The summed E-state index contributed by atoms with van der Waals surface area (Å²) in [6, 6.07) is 8.25. The lowest BCUT2D eigenvalue weighted by molar-refractivity contribution is 0.577. The third-order valence-electron chi connectivity index (χ3n) is 3.32. The number of hydrogen-bond acceptors (Lipinski definition) is 0. The van der Waals surface area contributed by atoms with Gasteiger partial charge in [0.1, 0.15) is 5.92 Å². The molecule has 0 heterocycles. The monoisotopic (exact) mass is 234 g/mol. The first-order chi connectivity index (χ1) is 8.61. The van der Waals surface area contributed by atoms with E-state index in [0.717, 1.165) is 11.1 Å². The third-order valence-corrected chi connectivity index (χ3v) is 3.32. The van der Waals surface area contributed by atoms with Gasteiger partial charge in [-0.15, -0.1) is 0 Å². The van der Waals surface area contributed by atoms with Crippen molar-refractivity contribution in [3.05, 3.63) is 76.5 Å². The number of rotatable bonds is 1. The van der Waals surface area contributed by atoms with Crippen LogP contribution in [0.3, 0.4) is 0 Å². The maximum atomic E-state index is 7.21. The molecule has 2 nitrogen and oxygen atoms in total. The Morgan fingerprint density at radius 3 is 2.50 bits per heavy atom. The zero-order valence-corrected chi connectivity index (χ0v) is 10.5. The van der Waals surface area contributed by atoms with Gasteiger partial charge in [0.2, 0.25) is 0 Å². The van der Waals surface area contributed by atoms with Crippen LogP contribution in [0.5, 0.6) is 0 Å². The number of nitrogens with zero attached hydrogens (tertiary/aromatic N) is 2. The van der Waals surface area contributed by atoms with Crippen molar-refractivity contribution in [3.8, 4) is 0 Å². The van der Waals surface area contributed by atoms with Crippen LogP contribution in [0.25, 0.3) is 15.3 Å². The van der Waals surface area contributed by atoms with Crippen LogP contribution in [-0.2, 0) is 0 Å². The molecular weight excluding hydrogens is 220 g/mol. The van der Waals surface area contributed by atoms with Crippen LogP contribution in [0.4, 0.5) is 0 Å². The molecule has 0 radical (unpaired) electrons. The van der Waals surface area contributed by atoms with E-state index in [4.69, 9.17) is 13.1 Å². The molecule has 0 saturated carbocycles. The van der Waals surface area contributed by atoms with E-state index in [2.05, 4.69) is 34.8 Å². The molecule has 0 bridgehead atoms. The molecule has 0 saturated heterocycles. The van der Waals surface area contributed by atoms with Crippen molar-refractivity contribution in [2.75, 3.05) is 0 Å². The van der Waals surface area contributed by atoms with Gasteiger partial charge >= 0.3 is 5.66 Å². The highest BCUT2D eigenvalue weighted by molar-refractivity contribution is 5.76. The Bertz CT molecular complexity index is 595. The molecule has 1 aromatic carbocycles. The van der Waals surface area contributed by atoms with E-state index in [-0.39, 0.29) is 5.92 Å². The molecule has 1 atom stereocenters. The van der Waals surface area contributed by atoms with Crippen LogP contribution < -0.4 is 0 Å². The first kappa shape index (κ1) is 12.1. The molecule has 0 aromatic heterocycles. The lowest BCUT2D eigenvalue weighted by atomic mass is 9.85. The van der Waals surface area contributed by atoms with E-state index >= 15 is 0 Å². The Morgan fingerprint density at radius 2 is 1.94 bits per heavy atom. The predicted octanol–water partition coefficient (Wildman–Crippen LogP) is 4.12. The third kappa shape index (κ3) is 1.94. The van der Waals surface area contributed by atoms with Crippen LogP contribution in [0.1, 0.15) is 18.1 Å². The summed E-state index contributed by atoms with van der Waals surface area (Å²) >= 11 is 0. The molecule has 2 heteroatoms. The molecule has 0 N–H and O–H groups in total. The highest BCUT2D eigenvalue weighted by Gasteiger charge is 2.48. The van der Waals surface area contributed by atoms with E-state index in [0.29, 0.717) is 0 Å². The Labute approximate surface area is 108 Å². The normalized spacial score (nSPS) is 20.7. The molecular formula is C16H14N2. The standard InChI is InChI=1S/C16H14N2/c1-12-6-5-7-14(10-12)15-8-9-16(17-3,18-4)13(2)11-15/h5-11,13H,1-2H3. The first-order valence-corrected chi connectivity index (χ1v) is 5.86. The second kappa shape index (κ2) is 4.51. The van der Waals surface area contributed by atoms with Gasteiger partial charge in [-0.25, -0.2) is 22.8 Å². The van der Waals surface area contributed by atoms with Crippen molar-refractivity contribution >= 4 is 5.57 Å². The van der Waals surface area contributed by atoms with Crippen molar-refractivity contribution in [3.63, 3.8) is 0 Å². The van der Waals surface area contributed by atoms with Gasteiger partial charge in [0, 0.05) is 0 Å². The van der Waals surface area contributed by atoms with Crippen LogP contribution in [0, 0.1) is 26.0 Å². The van der Waals surface area contributed by atoms with E-state index in [1.807, 2.05) is 25.1 Å². The van der Waals surface area contributed by atoms with E-state index in [1.54, 1.807) is 6.08 Å². The smallest absolute Gasteiger partial charge is 0.226 e. The molecule has 1 aliphatic carbocycles. The summed E-state index contributed by atoms with van der Waals surface area (Å²) in [6.07, 6.45) is 5.64. The van der Waals surface area contributed by atoms with Crippen molar-refractivity contribution in [2.45, 2.75) is 19.5 Å². The van der Waals surface area contributed by atoms with Gasteiger partial charge in [-0.05, 0) is 31.1 Å². The van der Waals surface area contributed by atoms with Gasteiger partial charge < -0.3 is 0 Å². The van der Waals surface area contributed by atoms with Gasteiger partial charge in [0.25, 0.3) is 0 Å². The summed E-state index contributed by atoms with van der Waals surface area (Å²) in [4.78, 5) is 6.98. The molecule has 0 fully saturated rings. The highest BCUT2D eigenvalue weighted by Crippen LogP contribution is 2.35. The summed E-state index contributed by atoms with van der Waals surface area (Å²) in [5, 5.41) is 0. The van der Waals surface area contributed by atoms with Crippen LogP contribution in [0.15, 0.2) is 42.5 Å². The molecule has 0 aliphatic heterocycles. The topological polar surface area (TPSA) is 8.72 Å². The molecule has 0 spiro atoms. The van der Waals surface area contributed by atoms with Crippen molar-refractivity contribution in [2.24, 2.45) is 5.92 Å². The van der Waals surface area contributed by atoms with E-state index < -0.39 is 5.66 Å². The molecule has 1 aliphatic rings. The summed E-state index contributed by atoms with van der Waals surface area (Å²) < 4.78 is 0. The van der Waals surface area contributed by atoms with Gasteiger partial charge in [0.05, 0.1) is 6.08 Å². The van der Waals surface area contributed by atoms with Crippen LogP contribution in [0.2, 0.25) is 0 Å². The minimum Gasteiger partial charge on any atom is -0.226 e. The average Bonchev–Trinajstić information content (AvgIpc) is 2.39. The minimum atomic E-state index is -1.05. The number of hydrogen-bond donors (Lipinski definition) is 0. The van der Waals surface area contributed by atoms with Crippen molar-refractivity contribution in [1.82, 2.24) is 0 Å². The van der Waals surface area contributed by atoms with Crippen molar-refractivity contribution < 1.29 is 0 Å². The maximum Gasteiger partial charge on any atom is 0.509 e. The fourth-order valence-corrected chi connectivity index (χ4v) is 2.13. The SMILES string of the molecule is [C-]#[N+]C1([N+]#[C-])C=CC(c2cccc(C)c2)=CC1C. The summed E-state index contributed by atoms with van der Waals surface area (Å²) in [6.45, 7) is 18.4. The largest absolute Gasteiger partial charge is 0.509 e. The Kier molecular flexibility index (Phi) is 3.04. The lowest BCUT2D eigenvalue weighted by Crippen LogP contribution is -2.27. The van der Waals surface area contributed by atoms with Gasteiger partial charge in [-0.1, -0.05) is 35.9 Å². The molecule has 1 aromatic rings. The number of allylic oxidation sites excluding steroid dienone is 2. The second-order valence-electron chi connectivity index (χ2n) is 4.62. The predicted molar refractivity (Wildman–Crippen MR) is 73.4 cm³/mol. The number of aryl methyl sites for hydroxylation is 1. The Morgan fingerprint density at radius 1 is 1.22 bits per heavy atom. The maximum absolute atomic E-state index is 7.21. The first-order valence-electron chi connectivity index (χ1n) is 5.86. The molecule has 2 rings (SSSR count). The fourth-order valence-electron chi connectivity index (χ4n) is 2.13. The zero-order valence-electron chi connectivity index (χ0n) is 10.5. The number of benzene rings is 1. The minimum absolute atomic E-state index is 0.0898. The van der Waals surface area contributed by atoms with Gasteiger partial charge in [0.15, 0.2) is 0 Å². The van der Waals surface area contributed by atoms with Gasteiger partial charge in [-0.3, -0.25) is 0 Å². The average molecular weight is 234 g/mol. The zero-order chi connectivity index (χ0) is 13.2. The fraction of sp³-hybridized carbons (Fsp3) is 0.250. The van der Waals surface area contributed by atoms with E-state index in [9.17, 15) is 0 Å². The van der Waals surface area contributed by atoms with Crippen molar-refractivity contribution in [1.29, 1.82) is 0 Å². The summed E-state index contributed by atoms with van der Waals surface area (Å²) in [5.41, 5.74) is 2.39. The molecule has 1 unspecified atom stereocenters. The summed E-state index contributed by atoms with van der Waals surface area (Å²) in [5.74, 6) is -0.0898. The Balaban J connectivity index is 2.40. The summed E-state index contributed by atoms with van der Waals surface area (Å²) in [7, 11) is 0. The Hall–Kier alpha value is -2.32. The quantitative estimate of drug-likeness (QED) is 0.646. The molecule has 88 valence electrons. The molecule has 0 amide bonds. The van der Waals surface area contributed by atoms with Gasteiger partial charge in [-0.2, -0.15) is 0 Å². The second-order valence-corrected chi connectivity index (χ2v) is 4.62. The van der Waals surface area contributed by atoms with Crippen LogP contribution >= 0.6 is 0 Å². The van der Waals surface area contributed by atoms with Crippen LogP contribution in [-0.4, -0.2) is 5.66 Å². The lowest BCUT2D eigenvalue weighted by Gasteiger charge is -2.17. The molecule has 18 heavy (non-hydrogen) atoms. The van der Waals surface area contributed by atoms with E-state index in [1.165, 1.54) is 5.56 Å². The highest BCUT2D eigenvalue weighted by atomic mass is 15.0.